The van der Waals surface area contributed by atoms with Crippen molar-refractivity contribution in [1.29, 1.82) is 0 Å². The van der Waals surface area contributed by atoms with Gasteiger partial charge in [-0.05, 0) is 35.7 Å². The van der Waals surface area contributed by atoms with Crippen molar-refractivity contribution in [3.63, 3.8) is 0 Å². The zero-order valence-electron chi connectivity index (χ0n) is 15.1. The van der Waals surface area contributed by atoms with E-state index in [0.29, 0.717) is 5.69 Å². The Bertz CT molecular complexity index is 1400. The van der Waals surface area contributed by atoms with Crippen LogP contribution in [0, 0.1) is 0 Å². The largest absolute Gasteiger partial charge is 0.506 e. The maximum absolute atomic E-state index is 10.3. The Morgan fingerprint density at radius 1 is 0.750 bits per heavy atom. The molecule has 1 aromatic heterocycles. The summed E-state index contributed by atoms with van der Waals surface area (Å²) >= 11 is 0. The van der Waals surface area contributed by atoms with Gasteiger partial charge in [0.15, 0.2) is 0 Å². The molecule has 0 amide bonds. The Morgan fingerprint density at radius 3 is 2.36 bits per heavy atom. The predicted octanol–water partition coefficient (Wildman–Crippen LogP) is 7.17. The molecule has 28 heavy (non-hydrogen) atoms. The van der Waals surface area contributed by atoms with E-state index in [1.807, 2.05) is 66.9 Å². The van der Waals surface area contributed by atoms with Crippen molar-refractivity contribution in [1.82, 2.24) is 4.57 Å². The maximum atomic E-state index is 10.3. The monoisotopic (exact) mass is 363 g/mol. The molecule has 0 atom stereocenters. The standard InChI is InChI=1S/C24H17N3O/c1-2-27-21-10-6-5-9-19(21)20-15-17(12-13-22(20)27)25-26-24-18-8-4-3-7-16(18)11-14-23(24)28/h2-15,28H,1H2. The van der Waals surface area contributed by atoms with Crippen LogP contribution in [0.15, 0.2) is 95.7 Å². The van der Waals surface area contributed by atoms with Crippen LogP contribution in [0.3, 0.4) is 0 Å². The zero-order chi connectivity index (χ0) is 19.1. The number of hydrogen-bond donors (Lipinski definition) is 1. The summed E-state index contributed by atoms with van der Waals surface area (Å²) in [5.74, 6) is 0.117. The number of aromatic nitrogens is 1. The minimum Gasteiger partial charge on any atom is -0.506 e. The summed E-state index contributed by atoms with van der Waals surface area (Å²) in [7, 11) is 0. The van der Waals surface area contributed by atoms with Gasteiger partial charge < -0.3 is 9.67 Å². The van der Waals surface area contributed by atoms with E-state index in [2.05, 4.69) is 33.5 Å². The fourth-order valence-electron chi connectivity index (χ4n) is 3.71. The molecule has 0 saturated carbocycles. The van der Waals surface area contributed by atoms with Crippen LogP contribution >= 0.6 is 0 Å². The first-order chi connectivity index (χ1) is 13.8. The summed E-state index contributed by atoms with van der Waals surface area (Å²) in [6.07, 6.45) is 1.82. The van der Waals surface area contributed by atoms with Crippen LogP contribution in [-0.2, 0) is 0 Å². The van der Waals surface area contributed by atoms with Gasteiger partial charge in [0.25, 0.3) is 0 Å². The lowest BCUT2D eigenvalue weighted by Crippen LogP contribution is -1.83. The molecule has 1 N–H and O–H groups in total. The van der Waals surface area contributed by atoms with Gasteiger partial charge in [0.05, 0.1) is 16.7 Å². The summed E-state index contributed by atoms with van der Waals surface area (Å²) in [5.41, 5.74) is 3.38. The molecule has 0 aliphatic carbocycles. The maximum Gasteiger partial charge on any atom is 0.143 e. The van der Waals surface area contributed by atoms with Gasteiger partial charge in [-0.1, -0.05) is 55.1 Å². The Morgan fingerprint density at radius 2 is 1.50 bits per heavy atom. The molecular formula is C24H17N3O. The van der Waals surface area contributed by atoms with Gasteiger partial charge in [-0.3, -0.25) is 0 Å². The summed E-state index contributed by atoms with van der Waals surface area (Å²) in [4.78, 5) is 0. The van der Waals surface area contributed by atoms with Crippen LogP contribution in [0.1, 0.15) is 0 Å². The Kier molecular flexibility index (Phi) is 3.69. The van der Waals surface area contributed by atoms with Gasteiger partial charge >= 0.3 is 0 Å². The zero-order valence-corrected chi connectivity index (χ0v) is 15.1. The first-order valence-corrected chi connectivity index (χ1v) is 9.04. The van der Waals surface area contributed by atoms with Gasteiger partial charge in [-0.15, -0.1) is 5.11 Å². The van der Waals surface area contributed by atoms with Crippen LogP contribution in [-0.4, -0.2) is 9.67 Å². The van der Waals surface area contributed by atoms with E-state index in [-0.39, 0.29) is 5.75 Å². The number of azo groups is 1. The van der Waals surface area contributed by atoms with E-state index >= 15 is 0 Å². The summed E-state index contributed by atoms with van der Waals surface area (Å²) < 4.78 is 2.07. The number of fused-ring (bicyclic) bond motifs is 4. The minimum atomic E-state index is 0.117. The molecule has 134 valence electrons. The molecule has 4 heteroatoms. The highest BCUT2D eigenvalue weighted by molar-refractivity contribution is 6.10. The molecule has 1 heterocycles. The van der Waals surface area contributed by atoms with Crippen molar-refractivity contribution >= 4 is 50.2 Å². The van der Waals surface area contributed by atoms with Crippen LogP contribution in [0.4, 0.5) is 11.4 Å². The van der Waals surface area contributed by atoms with Gasteiger partial charge in [0.2, 0.25) is 0 Å². The summed E-state index contributed by atoms with van der Waals surface area (Å²) in [5, 5.41) is 23.2. The lowest BCUT2D eigenvalue weighted by molar-refractivity contribution is 0.477. The Balaban J connectivity index is 1.66. The second kappa shape index (κ2) is 6.35. The van der Waals surface area contributed by atoms with Crippen molar-refractivity contribution in [2.45, 2.75) is 0 Å². The number of nitrogens with zero attached hydrogens (tertiary/aromatic N) is 3. The smallest absolute Gasteiger partial charge is 0.143 e. The van der Waals surface area contributed by atoms with Crippen LogP contribution in [0.5, 0.6) is 5.75 Å². The third-order valence-electron chi connectivity index (χ3n) is 5.02. The lowest BCUT2D eigenvalue weighted by atomic mass is 10.1. The molecule has 0 spiro atoms. The van der Waals surface area contributed by atoms with E-state index in [9.17, 15) is 5.11 Å². The van der Waals surface area contributed by atoms with Crippen LogP contribution in [0.2, 0.25) is 0 Å². The highest BCUT2D eigenvalue weighted by Gasteiger charge is 2.10. The number of para-hydroxylation sites is 1. The van der Waals surface area contributed by atoms with Gasteiger partial charge in [0.1, 0.15) is 11.4 Å². The van der Waals surface area contributed by atoms with E-state index in [4.69, 9.17) is 0 Å². The normalized spacial score (nSPS) is 11.7. The third-order valence-corrected chi connectivity index (χ3v) is 5.02. The van der Waals surface area contributed by atoms with E-state index in [1.54, 1.807) is 6.07 Å². The first-order valence-electron chi connectivity index (χ1n) is 9.04. The second-order valence-electron chi connectivity index (χ2n) is 6.63. The third kappa shape index (κ3) is 2.47. The Labute approximate surface area is 161 Å². The quantitative estimate of drug-likeness (QED) is 0.339. The number of aromatic hydroxyl groups is 1. The lowest BCUT2D eigenvalue weighted by Gasteiger charge is -2.03. The first kappa shape index (κ1) is 16.3. The van der Waals surface area contributed by atoms with Gasteiger partial charge in [-0.2, -0.15) is 5.11 Å². The summed E-state index contributed by atoms with van der Waals surface area (Å²) in [6.45, 7) is 3.93. The van der Waals surface area contributed by atoms with Gasteiger partial charge in [-0.25, -0.2) is 0 Å². The highest BCUT2D eigenvalue weighted by Crippen LogP contribution is 2.37. The molecule has 4 nitrogen and oxygen atoms in total. The number of rotatable bonds is 3. The molecule has 0 saturated heterocycles. The predicted molar refractivity (Wildman–Crippen MR) is 116 cm³/mol. The van der Waals surface area contributed by atoms with Crippen molar-refractivity contribution < 1.29 is 5.11 Å². The average molecular weight is 363 g/mol. The second-order valence-corrected chi connectivity index (χ2v) is 6.63. The van der Waals surface area contributed by atoms with Crippen molar-refractivity contribution in [2.75, 3.05) is 0 Å². The van der Waals surface area contributed by atoms with Gasteiger partial charge in [0, 0.05) is 22.4 Å². The summed E-state index contributed by atoms with van der Waals surface area (Å²) in [6, 6.07) is 25.5. The van der Waals surface area contributed by atoms with Crippen molar-refractivity contribution in [3.8, 4) is 5.75 Å². The molecule has 5 rings (SSSR count). The van der Waals surface area contributed by atoms with E-state index < -0.39 is 0 Å². The molecule has 0 bridgehead atoms. The highest BCUT2D eigenvalue weighted by atomic mass is 16.3. The molecular weight excluding hydrogens is 346 g/mol. The fraction of sp³-hybridized carbons (Fsp3) is 0. The number of hydrogen-bond acceptors (Lipinski definition) is 3. The van der Waals surface area contributed by atoms with Crippen molar-refractivity contribution in [2.24, 2.45) is 10.2 Å². The Hall–Kier alpha value is -3.92. The molecule has 0 unspecified atom stereocenters. The van der Waals surface area contributed by atoms with E-state index in [0.717, 1.165) is 38.3 Å². The minimum absolute atomic E-state index is 0.117. The molecule has 0 radical (unpaired) electrons. The fourth-order valence-corrected chi connectivity index (χ4v) is 3.71. The average Bonchev–Trinajstić information content (AvgIpc) is 3.06. The van der Waals surface area contributed by atoms with E-state index in [1.165, 1.54) is 0 Å². The van der Waals surface area contributed by atoms with Crippen molar-refractivity contribution in [3.05, 3.63) is 85.4 Å². The number of phenolic OH excluding ortho intramolecular Hbond substituents is 1. The molecule has 0 fully saturated rings. The molecule has 0 aliphatic heterocycles. The van der Waals surface area contributed by atoms with Crippen LogP contribution in [0.25, 0.3) is 38.8 Å². The molecule has 5 aromatic rings. The molecule has 4 aromatic carbocycles. The SMILES string of the molecule is C=Cn1c2ccccc2c2cc(N=Nc3c(O)ccc4ccccc34)ccc21. The topological polar surface area (TPSA) is 49.9 Å². The number of benzene rings is 4. The number of phenols is 1. The van der Waals surface area contributed by atoms with Crippen LogP contribution < -0.4 is 0 Å². The molecule has 0 aliphatic rings.